The van der Waals surface area contributed by atoms with E-state index in [9.17, 15) is 13.2 Å². The molecule has 0 heterocycles. The Balaban J connectivity index is 1.66. The Labute approximate surface area is 154 Å². The lowest BCUT2D eigenvalue weighted by atomic mass is 10.1. The van der Waals surface area contributed by atoms with Crippen molar-refractivity contribution in [3.8, 4) is 5.75 Å². The van der Waals surface area contributed by atoms with E-state index in [0.717, 1.165) is 12.0 Å². The van der Waals surface area contributed by atoms with E-state index in [1.807, 2.05) is 12.1 Å². The molecule has 0 aliphatic rings. The molecule has 0 spiro atoms. The summed E-state index contributed by atoms with van der Waals surface area (Å²) in [5.41, 5.74) is 2.37. The minimum atomic E-state index is -3.71. The van der Waals surface area contributed by atoms with Gasteiger partial charge in [-0.05, 0) is 48.2 Å². The van der Waals surface area contributed by atoms with Gasteiger partial charge < -0.3 is 9.47 Å². The molecule has 0 fully saturated rings. The molecule has 7 heteroatoms. The van der Waals surface area contributed by atoms with Crippen LogP contribution in [-0.4, -0.2) is 27.6 Å². The first-order valence-electron chi connectivity index (χ1n) is 8.37. The Bertz CT molecular complexity index is 814. The first-order chi connectivity index (χ1) is 12.4. The highest BCUT2D eigenvalue weighted by Crippen LogP contribution is 2.14. The molecule has 0 saturated carbocycles. The maximum absolute atomic E-state index is 11.7. The smallest absolute Gasteiger partial charge is 0.306 e. The molecule has 2 aromatic carbocycles. The van der Waals surface area contributed by atoms with Crippen molar-refractivity contribution in [3.05, 3.63) is 59.7 Å². The lowest BCUT2D eigenvalue weighted by Gasteiger charge is -2.08. The van der Waals surface area contributed by atoms with Crippen LogP contribution in [0.5, 0.6) is 5.75 Å². The number of sulfonamides is 1. The van der Waals surface area contributed by atoms with Gasteiger partial charge in [0.1, 0.15) is 19.0 Å². The predicted octanol–water partition coefficient (Wildman–Crippen LogP) is 2.45. The molecule has 0 aliphatic heterocycles. The zero-order valence-electron chi connectivity index (χ0n) is 14.7. The van der Waals surface area contributed by atoms with Gasteiger partial charge in [0.25, 0.3) is 0 Å². The fraction of sp³-hybridized carbons (Fsp3) is 0.316. The summed E-state index contributed by atoms with van der Waals surface area (Å²) in [7, 11) is -3.71. The Kier molecular flexibility index (Phi) is 7.17. The maximum atomic E-state index is 11.7. The number of ether oxygens (including phenoxy) is 2. The van der Waals surface area contributed by atoms with Crippen LogP contribution in [0.3, 0.4) is 0 Å². The standard InChI is InChI=1S/C19H23NO5S/c1-2-15-3-5-16(6-4-15)7-12-19(21)25-14-13-24-17-8-10-18(11-9-17)26(20,22)23/h3-6,8-11H,2,7,12-14H2,1H3,(H2,20,22,23). The molecule has 0 aromatic heterocycles. The molecule has 0 saturated heterocycles. The predicted molar refractivity (Wildman–Crippen MR) is 98.4 cm³/mol. The molecule has 6 nitrogen and oxygen atoms in total. The van der Waals surface area contributed by atoms with Crippen LogP contribution in [0.2, 0.25) is 0 Å². The van der Waals surface area contributed by atoms with Crippen molar-refractivity contribution in [1.29, 1.82) is 0 Å². The van der Waals surface area contributed by atoms with Gasteiger partial charge in [0.05, 0.1) is 4.90 Å². The Morgan fingerprint density at radius 2 is 1.58 bits per heavy atom. The van der Waals surface area contributed by atoms with Gasteiger partial charge in [-0.1, -0.05) is 31.2 Å². The van der Waals surface area contributed by atoms with Crippen molar-refractivity contribution < 1.29 is 22.7 Å². The molecule has 26 heavy (non-hydrogen) atoms. The molecule has 0 atom stereocenters. The van der Waals surface area contributed by atoms with Crippen LogP contribution in [0.4, 0.5) is 0 Å². The number of hydrogen-bond donors (Lipinski definition) is 1. The molecule has 0 amide bonds. The lowest BCUT2D eigenvalue weighted by molar-refractivity contribution is -0.144. The highest BCUT2D eigenvalue weighted by molar-refractivity contribution is 7.89. The molecular weight excluding hydrogens is 354 g/mol. The quantitative estimate of drug-likeness (QED) is 0.535. The average molecular weight is 377 g/mol. The van der Waals surface area contributed by atoms with Crippen LogP contribution >= 0.6 is 0 Å². The fourth-order valence-corrected chi connectivity index (χ4v) is 2.82. The molecule has 0 radical (unpaired) electrons. The zero-order chi connectivity index (χ0) is 19.0. The summed E-state index contributed by atoms with van der Waals surface area (Å²) >= 11 is 0. The second kappa shape index (κ2) is 9.35. The monoisotopic (exact) mass is 377 g/mol. The average Bonchev–Trinajstić information content (AvgIpc) is 2.63. The Morgan fingerprint density at radius 3 is 2.15 bits per heavy atom. The second-order valence-corrected chi connectivity index (χ2v) is 7.32. The molecule has 2 N–H and O–H groups in total. The van der Waals surface area contributed by atoms with E-state index in [0.29, 0.717) is 18.6 Å². The van der Waals surface area contributed by atoms with Gasteiger partial charge in [-0.2, -0.15) is 0 Å². The van der Waals surface area contributed by atoms with Gasteiger partial charge in [-0.25, -0.2) is 13.6 Å². The van der Waals surface area contributed by atoms with Crippen LogP contribution < -0.4 is 9.88 Å². The van der Waals surface area contributed by atoms with Crippen molar-refractivity contribution in [2.75, 3.05) is 13.2 Å². The minimum absolute atomic E-state index is 0.0169. The summed E-state index contributed by atoms with van der Waals surface area (Å²) in [6.45, 7) is 2.42. The molecule has 0 aliphatic carbocycles. The van der Waals surface area contributed by atoms with E-state index in [-0.39, 0.29) is 24.1 Å². The molecule has 2 rings (SSSR count). The van der Waals surface area contributed by atoms with Crippen LogP contribution in [0.25, 0.3) is 0 Å². The van der Waals surface area contributed by atoms with E-state index in [2.05, 4.69) is 19.1 Å². The number of benzene rings is 2. The molecule has 140 valence electrons. The summed E-state index contributed by atoms with van der Waals surface area (Å²) in [6, 6.07) is 13.9. The minimum Gasteiger partial charge on any atom is -0.490 e. The fourth-order valence-electron chi connectivity index (χ4n) is 2.30. The van der Waals surface area contributed by atoms with Crippen molar-refractivity contribution in [3.63, 3.8) is 0 Å². The highest BCUT2D eigenvalue weighted by atomic mass is 32.2. The van der Waals surface area contributed by atoms with E-state index in [1.165, 1.54) is 29.8 Å². The summed E-state index contributed by atoms with van der Waals surface area (Å²) in [5, 5.41) is 5.02. The number of rotatable bonds is 9. The Morgan fingerprint density at radius 1 is 0.962 bits per heavy atom. The van der Waals surface area contributed by atoms with Gasteiger partial charge in [0, 0.05) is 6.42 Å². The van der Waals surface area contributed by atoms with Gasteiger partial charge in [-0.15, -0.1) is 0 Å². The third kappa shape index (κ3) is 6.50. The van der Waals surface area contributed by atoms with Crippen molar-refractivity contribution in [2.24, 2.45) is 5.14 Å². The van der Waals surface area contributed by atoms with Crippen molar-refractivity contribution in [2.45, 2.75) is 31.1 Å². The summed E-state index contributed by atoms with van der Waals surface area (Å²) in [5.74, 6) is 0.196. The summed E-state index contributed by atoms with van der Waals surface area (Å²) in [4.78, 5) is 11.8. The largest absolute Gasteiger partial charge is 0.490 e. The third-order valence-electron chi connectivity index (χ3n) is 3.82. The number of carbonyl (C=O) groups excluding carboxylic acids is 1. The first-order valence-corrected chi connectivity index (χ1v) is 9.92. The SMILES string of the molecule is CCc1ccc(CCC(=O)OCCOc2ccc(S(N)(=O)=O)cc2)cc1. The van der Waals surface area contributed by atoms with Gasteiger partial charge >= 0.3 is 5.97 Å². The summed E-state index contributed by atoms with van der Waals surface area (Å²) < 4.78 is 32.8. The van der Waals surface area contributed by atoms with E-state index in [1.54, 1.807) is 0 Å². The van der Waals surface area contributed by atoms with E-state index in [4.69, 9.17) is 14.6 Å². The van der Waals surface area contributed by atoms with Gasteiger partial charge in [0.15, 0.2) is 0 Å². The van der Waals surface area contributed by atoms with Crippen molar-refractivity contribution in [1.82, 2.24) is 0 Å². The number of hydrogen-bond acceptors (Lipinski definition) is 5. The highest BCUT2D eigenvalue weighted by Gasteiger charge is 2.07. The van der Waals surface area contributed by atoms with Crippen molar-refractivity contribution >= 4 is 16.0 Å². The zero-order valence-corrected chi connectivity index (χ0v) is 15.5. The number of carbonyl (C=O) groups is 1. The maximum Gasteiger partial charge on any atom is 0.306 e. The van der Waals surface area contributed by atoms with E-state index >= 15 is 0 Å². The second-order valence-electron chi connectivity index (χ2n) is 5.76. The molecule has 2 aromatic rings. The normalized spacial score (nSPS) is 11.2. The molecule has 0 bridgehead atoms. The van der Waals surface area contributed by atoms with Crippen LogP contribution in [0, 0.1) is 0 Å². The van der Waals surface area contributed by atoms with Gasteiger partial charge in [0.2, 0.25) is 10.0 Å². The third-order valence-corrected chi connectivity index (χ3v) is 4.75. The lowest BCUT2D eigenvalue weighted by Crippen LogP contribution is -2.13. The van der Waals surface area contributed by atoms with Gasteiger partial charge in [-0.3, -0.25) is 4.79 Å². The van der Waals surface area contributed by atoms with Crippen LogP contribution in [0.1, 0.15) is 24.5 Å². The number of esters is 1. The van der Waals surface area contributed by atoms with Crippen LogP contribution in [0.15, 0.2) is 53.4 Å². The number of primary sulfonamides is 1. The number of nitrogens with two attached hydrogens (primary N) is 1. The number of aryl methyl sites for hydroxylation is 2. The van der Waals surface area contributed by atoms with Crippen LogP contribution in [-0.2, 0) is 32.4 Å². The Hall–Kier alpha value is -2.38. The molecular formula is C19H23NO5S. The molecule has 0 unspecified atom stereocenters. The first kappa shape index (κ1) is 19.9. The summed E-state index contributed by atoms with van der Waals surface area (Å²) in [6.07, 6.45) is 1.94. The van der Waals surface area contributed by atoms with E-state index < -0.39 is 10.0 Å². The topological polar surface area (TPSA) is 95.7 Å².